The second-order valence-corrected chi connectivity index (χ2v) is 3.93. The van der Waals surface area contributed by atoms with Crippen LogP contribution in [0.4, 0.5) is 0 Å². The lowest BCUT2D eigenvalue weighted by molar-refractivity contribution is 0.284. The Labute approximate surface area is 107 Å². The predicted molar refractivity (Wildman–Crippen MR) is 69.2 cm³/mol. The van der Waals surface area contributed by atoms with E-state index < -0.39 is 0 Å². The van der Waals surface area contributed by atoms with Crippen LogP contribution in [-0.4, -0.2) is 21.3 Å². The van der Waals surface area contributed by atoms with Gasteiger partial charge in [-0.3, -0.25) is 0 Å². The molecule has 2 rings (SSSR count). The van der Waals surface area contributed by atoms with E-state index in [0.29, 0.717) is 13.2 Å². The van der Waals surface area contributed by atoms with Crippen LogP contribution in [0.25, 0.3) is 0 Å². The van der Waals surface area contributed by atoms with Gasteiger partial charge in [-0.1, -0.05) is 18.2 Å². The number of nitrogens with zero attached hydrogens (tertiary/aromatic N) is 3. The van der Waals surface area contributed by atoms with Crippen LogP contribution in [0.3, 0.4) is 0 Å². The van der Waals surface area contributed by atoms with Crippen molar-refractivity contribution in [1.29, 1.82) is 0 Å². The first kappa shape index (κ1) is 12.6. The summed E-state index contributed by atoms with van der Waals surface area (Å²) in [6.45, 7) is 3.87. The quantitative estimate of drug-likeness (QED) is 0.836. The van der Waals surface area contributed by atoms with Crippen LogP contribution in [0.15, 0.2) is 30.6 Å². The van der Waals surface area contributed by atoms with Gasteiger partial charge in [0.1, 0.15) is 18.7 Å². The molecule has 1 heterocycles. The molecule has 0 saturated heterocycles. The van der Waals surface area contributed by atoms with Gasteiger partial charge in [0, 0.05) is 6.54 Å². The van der Waals surface area contributed by atoms with Gasteiger partial charge in [0.05, 0.1) is 0 Å². The zero-order chi connectivity index (χ0) is 12.8. The summed E-state index contributed by atoms with van der Waals surface area (Å²) in [5, 5.41) is 4.11. The van der Waals surface area contributed by atoms with Crippen molar-refractivity contribution in [2.24, 2.45) is 5.73 Å². The number of benzene rings is 1. The molecule has 0 atom stereocenters. The fourth-order valence-electron chi connectivity index (χ4n) is 1.81. The Hall–Kier alpha value is -1.88. The molecule has 0 aliphatic rings. The number of aromatic nitrogens is 3. The highest BCUT2D eigenvalue weighted by atomic mass is 16.5. The Balaban J connectivity index is 2.06. The van der Waals surface area contributed by atoms with Crippen molar-refractivity contribution in [1.82, 2.24) is 14.8 Å². The number of hydrogen-bond acceptors (Lipinski definition) is 4. The second kappa shape index (κ2) is 6.16. The van der Waals surface area contributed by atoms with Gasteiger partial charge in [0.25, 0.3) is 0 Å². The van der Waals surface area contributed by atoms with Gasteiger partial charge in [0.2, 0.25) is 0 Å². The van der Waals surface area contributed by atoms with Gasteiger partial charge in [-0.25, -0.2) is 9.67 Å². The summed E-state index contributed by atoms with van der Waals surface area (Å²) in [5.41, 5.74) is 6.71. The molecule has 0 fully saturated rings. The molecule has 0 radical (unpaired) electrons. The number of hydrogen-bond donors (Lipinski definition) is 1. The molecular weight excluding hydrogens is 228 g/mol. The molecule has 0 aliphatic carbocycles. The predicted octanol–water partition coefficient (Wildman–Crippen LogP) is 1.38. The minimum atomic E-state index is 0.426. The van der Waals surface area contributed by atoms with Crippen molar-refractivity contribution in [3.63, 3.8) is 0 Å². The van der Waals surface area contributed by atoms with Crippen molar-refractivity contribution >= 4 is 0 Å². The van der Waals surface area contributed by atoms with Gasteiger partial charge < -0.3 is 10.5 Å². The first-order valence-electron chi connectivity index (χ1n) is 6.12. The van der Waals surface area contributed by atoms with Gasteiger partial charge in [-0.15, -0.1) is 0 Å². The van der Waals surface area contributed by atoms with Crippen molar-refractivity contribution in [3.8, 4) is 5.75 Å². The first-order chi connectivity index (χ1) is 8.85. The monoisotopic (exact) mass is 246 g/mol. The van der Waals surface area contributed by atoms with Crippen LogP contribution in [0.1, 0.15) is 18.3 Å². The highest BCUT2D eigenvalue weighted by molar-refractivity contribution is 5.33. The summed E-state index contributed by atoms with van der Waals surface area (Å²) in [6, 6.07) is 7.94. The molecule has 0 unspecified atom stereocenters. The zero-order valence-corrected chi connectivity index (χ0v) is 10.5. The third-order valence-electron chi connectivity index (χ3n) is 2.74. The molecular formula is C13H18N4O. The molecule has 0 amide bonds. The lowest BCUT2D eigenvalue weighted by Crippen LogP contribution is -2.09. The number of nitrogens with two attached hydrogens (primary N) is 1. The molecule has 18 heavy (non-hydrogen) atoms. The minimum absolute atomic E-state index is 0.426. The Morgan fingerprint density at radius 3 is 2.94 bits per heavy atom. The van der Waals surface area contributed by atoms with E-state index in [1.807, 2.05) is 35.9 Å². The first-order valence-corrected chi connectivity index (χ1v) is 6.12. The number of aryl methyl sites for hydroxylation is 1. The van der Waals surface area contributed by atoms with E-state index in [2.05, 4.69) is 10.1 Å². The normalized spacial score (nSPS) is 10.6. The van der Waals surface area contributed by atoms with E-state index >= 15 is 0 Å². The largest absolute Gasteiger partial charge is 0.485 e. The molecule has 1 aromatic heterocycles. The van der Waals surface area contributed by atoms with Crippen LogP contribution in [0.2, 0.25) is 0 Å². The molecule has 0 aliphatic heterocycles. The Morgan fingerprint density at radius 1 is 1.33 bits per heavy atom. The summed E-state index contributed by atoms with van der Waals surface area (Å²) >= 11 is 0. The van der Waals surface area contributed by atoms with Crippen LogP contribution in [0, 0.1) is 0 Å². The zero-order valence-electron chi connectivity index (χ0n) is 10.5. The average Bonchev–Trinajstić information content (AvgIpc) is 2.85. The second-order valence-electron chi connectivity index (χ2n) is 3.93. The lowest BCUT2D eigenvalue weighted by Gasteiger charge is -2.10. The number of ether oxygens (including phenoxy) is 1. The van der Waals surface area contributed by atoms with E-state index in [4.69, 9.17) is 10.5 Å². The Morgan fingerprint density at radius 2 is 2.17 bits per heavy atom. The standard InChI is InChI=1S/C13H18N4O/c1-2-17-13(15-10-16-17)9-18-12-6-4-3-5-11(12)7-8-14/h3-6,10H,2,7-9,14H2,1H3. The fraction of sp³-hybridized carbons (Fsp3) is 0.385. The van der Waals surface area contributed by atoms with Crippen molar-refractivity contribution in [2.45, 2.75) is 26.5 Å². The van der Waals surface area contributed by atoms with E-state index in [1.165, 1.54) is 0 Å². The topological polar surface area (TPSA) is 66.0 Å². The van der Waals surface area contributed by atoms with E-state index in [9.17, 15) is 0 Å². The molecule has 2 N–H and O–H groups in total. The maximum absolute atomic E-state index is 5.80. The molecule has 0 saturated carbocycles. The molecule has 0 bridgehead atoms. The van der Waals surface area contributed by atoms with Crippen LogP contribution in [-0.2, 0) is 19.6 Å². The van der Waals surface area contributed by atoms with E-state index in [1.54, 1.807) is 6.33 Å². The third kappa shape index (κ3) is 2.87. The molecule has 2 aromatic rings. The van der Waals surface area contributed by atoms with Gasteiger partial charge >= 0.3 is 0 Å². The summed E-state index contributed by atoms with van der Waals surface area (Å²) in [5.74, 6) is 1.70. The van der Waals surface area contributed by atoms with E-state index in [-0.39, 0.29) is 0 Å². The van der Waals surface area contributed by atoms with Gasteiger partial charge in [-0.2, -0.15) is 5.10 Å². The minimum Gasteiger partial charge on any atom is -0.485 e. The van der Waals surface area contributed by atoms with Crippen LogP contribution in [0.5, 0.6) is 5.75 Å². The van der Waals surface area contributed by atoms with Crippen molar-refractivity contribution < 1.29 is 4.74 Å². The highest BCUT2D eigenvalue weighted by Gasteiger charge is 2.06. The van der Waals surface area contributed by atoms with Gasteiger partial charge in [0.15, 0.2) is 5.82 Å². The summed E-state index contributed by atoms with van der Waals surface area (Å²) < 4.78 is 7.62. The SMILES string of the molecule is CCn1ncnc1COc1ccccc1CCN. The molecule has 0 spiro atoms. The number of rotatable bonds is 6. The molecule has 5 heteroatoms. The average molecular weight is 246 g/mol. The molecule has 96 valence electrons. The maximum atomic E-state index is 5.80. The molecule has 1 aromatic carbocycles. The van der Waals surface area contributed by atoms with Crippen LogP contribution >= 0.6 is 0 Å². The lowest BCUT2D eigenvalue weighted by atomic mass is 10.1. The smallest absolute Gasteiger partial charge is 0.164 e. The summed E-state index contributed by atoms with van der Waals surface area (Å²) in [7, 11) is 0. The maximum Gasteiger partial charge on any atom is 0.164 e. The van der Waals surface area contributed by atoms with Gasteiger partial charge in [-0.05, 0) is 31.5 Å². The molecule has 5 nitrogen and oxygen atoms in total. The summed E-state index contributed by atoms with van der Waals surface area (Å²) in [6.07, 6.45) is 2.37. The van der Waals surface area contributed by atoms with E-state index in [0.717, 1.165) is 30.1 Å². The number of para-hydroxylation sites is 1. The Bertz CT molecular complexity index is 495. The highest BCUT2D eigenvalue weighted by Crippen LogP contribution is 2.19. The fourth-order valence-corrected chi connectivity index (χ4v) is 1.81. The third-order valence-corrected chi connectivity index (χ3v) is 2.74. The van der Waals surface area contributed by atoms with Crippen molar-refractivity contribution in [3.05, 3.63) is 42.0 Å². The summed E-state index contributed by atoms with van der Waals surface area (Å²) in [4.78, 5) is 4.18. The van der Waals surface area contributed by atoms with Crippen LogP contribution < -0.4 is 10.5 Å². The Kier molecular flexibility index (Phi) is 4.30. The van der Waals surface area contributed by atoms with Crippen molar-refractivity contribution in [2.75, 3.05) is 6.54 Å².